The van der Waals surface area contributed by atoms with Gasteiger partial charge in [0.15, 0.2) is 0 Å². The average Bonchev–Trinajstić information content (AvgIpc) is 2.35. The zero-order chi connectivity index (χ0) is 11.6. The van der Waals surface area contributed by atoms with Crippen molar-refractivity contribution in [3.63, 3.8) is 0 Å². The lowest BCUT2D eigenvalue weighted by molar-refractivity contribution is 0.311. The number of hydrogen-bond acceptors (Lipinski definition) is 1. The molecular formula is C15H31N. The van der Waals surface area contributed by atoms with Crippen molar-refractivity contribution in [1.29, 1.82) is 0 Å². The maximum Gasteiger partial charge on any atom is 0.00641 e. The normalized spacial score (nSPS) is 19.9. The van der Waals surface area contributed by atoms with Crippen molar-refractivity contribution < 1.29 is 0 Å². The van der Waals surface area contributed by atoms with Gasteiger partial charge in [0.1, 0.15) is 0 Å². The van der Waals surface area contributed by atoms with Crippen LogP contribution in [0, 0.1) is 5.92 Å². The molecule has 1 N–H and O–H groups in total. The van der Waals surface area contributed by atoms with Crippen LogP contribution in [-0.4, -0.2) is 13.1 Å². The van der Waals surface area contributed by atoms with E-state index in [4.69, 9.17) is 0 Å². The Hall–Kier alpha value is -0.0400. The molecule has 1 atom stereocenters. The molecule has 0 aliphatic heterocycles. The largest absolute Gasteiger partial charge is 0.317 e. The van der Waals surface area contributed by atoms with Gasteiger partial charge in [-0.05, 0) is 32.2 Å². The molecule has 16 heavy (non-hydrogen) atoms. The quantitative estimate of drug-likeness (QED) is 0.599. The van der Waals surface area contributed by atoms with Crippen LogP contribution >= 0.6 is 0 Å². The van der Waals surface area contributed by atoms with Crippen LogP contribution in [0.5, 0.6) is 0 Å². The first kappa shape index (κ1) is 14.0. The molecule has 0 aromatic carbocycles. The summed E-state index contributed by atoms with van der Waals surface area (Å²) in [6, 6.07) is 0.786. The van der Waals surface area contributed by atoms with Gasteiger partial charge >= 0.3 is 0 Å². The molecule has 96 valence electrons. The third-order valence-corrected chi connectivity index (χ3v) is 4.21. The molecule has 1 nitrogen and oxygen atoms in total. The number of rotatable bonds is 8. The van der Waals surface area contributed by atoms with Gasteiger partial charge in [0, 0.05) is 6.04 Å². The van der Waals surface area contributed by atoms with Crippen LogP contribution in [0.1, 0.15) is 77.6 Å². The molecule has 1 saturated carbocycles. The summed E-state index contributed by atoms with van der Waals surface area (Å²) in [7, 11) is 2.14. The Morgan fingerprint density at radius 1 is 1.06 bits per heavy atom. The molecule has 1 unspecified atom stereocenters. The van der Waals surface area contributed by atoms with Gasteiger partial charge < -0.3 is 5.32 Å². The first-order chi connectivity index (χ1) is 7.86. The van der Waals surface area contributed by atoms with E-state index in [0.29, 0.717) is 0 Å². The maximum absolute atomic E-state index is 3.50. The molecule has 0 aromatic heterocycles. The minimum absolute atomic E-state index is 0.786. The summed E-state index contributed by atoms with van der Waals surface area (Å²) >= 11 is 0. The monoisotopic (exact) mass is 225 g/mol. The third-order valence-electron chi connectivity index (χ3n) is 4.21. The molecule has 1 aliphatic carbocycles. The average molecular weight is 225 g/mol. The van der Waals surface area contributed by atoms with Crippen molar-refractivity contribution in [1.82, 2.24) is 5.32 Å². The fourth-order valence-corrected chi connectivity index (χ4v) is 2.99. The zero-order valence-electron chi connectivity index (χ0n) is 11.4. The van der Waals surface area contributed by atoms with E-state index < -0.39 is 0 Å². The lowest BCUT2D eigenvalue weighted by Crippen LogP contribution is -2.26. The van der Waals surface area contributed by atoms with Crippen LogP contribution in [0.25, 0.3) is 0 Å². The summed E-state index contributed by atoms with van der Waals surface area (Å²) in [6.07, 6.45) is 15.9. The molecule has 0 bridgehead atoms. The van der Waals surface area contributed by atoms with Gasteiger partial charge in [0.25, 0.3) is 0 Å². The summed E-state index contributed by atoms with van der Waals surface area (Å²) in [4.78, 5) is 0. The zero-order valence-corrected chi connectivity index (χ0v) is 11.4. The van der Waals surface area contributed by atoms with Crippen molar-refractivity contribution in [3.8, 4) is 0 Å². The van der Waals surface area contributed by atoms with Crippen molar-refractivity contribution >= 4 is 0 Å². The van der Waals surface area contributed by atoms with Crippen molar-refractivity contribution in [2.24, 2.45) is 5.92 Å². The summed E-state index contributed by atoms with van der Waals surface area (Å²) in [5, 5.41) is 3.50. The number of hydrogen-bond donors (Lipinski definition) is 1. The second-order valence-corrected chi connectivity index (χ2v) is 5.56. The first-order valence-electron chi connectivity index (χ1n) is 7.54. The van der Waals surface area contributed by atoms with Gasteiger partial charge in [-0.2, -0.15) is 0 Å². The Morgan fingerprint density at radius 3 is 2.44 bits per heavy atom. The Bertz CT molecular complexity index is 150. The van der Waals surface area contributed by atoms with Crippen LogP contribution in [0.4, 0.5) is 0 Å². The topological polar surface area (TPSA) is 12.0 Å². The minimum Gasteiger partial charge on any atom is -0.317 e. The Balaban J connectivity index is 2.07. The second kappa shape index (κ2) is 9.04. The summed E-state index contributed by atoms with van der Waals surface area (Å²) in [5.74, 6) is 1.05. The summed E-state index contributed by atoms with van der Waals surface area (Å²) in [6.45, 7) is 2.29. The predicted octanol–water partition coefficient (Wildman–Crippen LogP) is 4.52. The highest BCUT2D eigenvalue weighted by Gasteiger charge is 2.15. The van der Waals surface area contributed by atoms with E-state index in [1.54, 1.807) is 0 Å². The molecule has 0 amide bonds. The van der Waals surface area contributed by atoms with Gasteiger partial charge in [-0.25, -0.2) is 0 Å². The maximum atomic E-state index is 3.50. The lowest BCUT2D eigenvalue weighted by Gasteiger charge is -2.24. The van der Waals surface area contributed by atoms with Crippen LogP contribution in [0.2, 0.25) is 0 Å². The molecule has 0 heterocycles. The van der Waals surface area contributed by atoms with E-state index in [0.717, 1.165) is 12.0 Å². The van der Waals surface area contributed by atoms with Crippen LogP contribution in [0.15, 0.2) is 0 Å². The molecule has 0 radical (unpaired) electrons. The molecule has 0 spiro atoms. The molecule has 1 aliphatic rings. The molecule has 0 saturated heterocycles. The molecule has 1 fully saturated rings. The van der Waals surface area contributed by atoms with Gasteiger partial charge in [-0.3, -0.25) is 0 Å². The summed E-state index contributed by atoms with van der Waals surface area (Å²) in [5.41, 5.74) is 0. The number of nitrogens with one attached hydrogen (secondary N) is 1. The fourth-order valence-electron chi connectivity index (χ4n) is 2.99. The van der Waals surface area contributed by atoms with Gasteiger partial charge in [0.05, 0.1) is 0 Å². The SMILES string of the molecule is CCCCCC(CCC1CCCCC1)NC. The molecule has 1 rings (SSSR count). The van der Waals surface area contributed by atoms with E-state index in [9.17, 15) is 0 Å². The van der Waals surface area contributed by atoms with Crippen molar-refractivity contribution in [2.45, 2.75) is 83.6 Å². The number of unbranched alkanes of at least 4 members (excludes halogenated alkanes) is 2. The highest BCUT2D eigenvalue weighted by molar-refractivity contribution is 4.71. The third kappa shape index (κ3) is 5.89. The van der Waals surface area contributed by atoms with E-state index in [1.807, 2.05) is 0 Å². The van der Waals surface area contributed by atoms with Gasteiger partial charge in [-0.1, -0.05) is 58.3 Å². The fraction of sp³-hybridized carbons (Fsp3) is 1.00. The van der Waals surface area contributed by atoms with E-state index in [2.05, 4.69) is 19.3 Å². The van der Waals surface area contributed by atoms with Crippen LogP contribution < -0.4 is 5.32 Å². The van der Waals surface area contributed by atoms with Crippen molar-refractivity contribution in [2.75, 3.05) is 7.05 Å². The van der Waals surface area contributed by atoms with E-state index in [1.165, 1.54) is 70.6 Å². The standard InChI is InChI=1S/C15H31N/c1-3-4-6-11-15(16-2)13-12-14-9-7-5-8-10-14/h14-16H,3-13H2,1-2H3. The van der Waals surface area contributed by atoms with Gasteiger partial charge in [0.2, 0.25) is 0 Å². The molecule has 1 heteroatoms. The highest BCUT2D eigenvalue weighted by atomic mass is 14.9. The van der Waals surface area contributed by atoms with Crippen molar-refractivity contribution in [3.05, 3.63) is 0 Å². The molecule has 0 aromatic rings. The Morgan fingerprint density at radius 2 is 1.81 bits per heavy atom. The van der Waals surface area contributed by atoms with E-state index >= 15 is 0 Å². The predicted molar refractivity (Wildman–Crippen MR) is 72.8 cm³/mol. The smallest absolute Gasteiger partial charge is 0.00641 e. The second-order valence-electron chi connectivity index (χ2n) is 5.56. The molecular weight excluding hydrogens is 194 g/mol. The highest BCUT2D eigenvalue weighted by Crippen LogP contribution is 2.28. The Labute approximate surface area is 102 Å². The summed E-state index contributed by atoms with van der Waals surface area (Å²) < 4.78 is 0. The Kier molecular flexibility index (Phi) is 7.92. The van der Waals surface area contributed by atoms with Crippen LogP contribution in [0.3, 0.4) is 0 Å². The van der Waals surface area contributed by atoms with Crippen LogP contribution in [-0.2, 0) is 0 Å². The van der Waals surface area contributed by atoms with E-state index in [-0.39, 0.29) is 0 Å². The first-order valence-corrected chi connectivity index (χ1v) is 7.54. The van der Waals surface area contributed by atoms with Gasteiger partial charge in [-0.15, -0.1) is 0 Å². The minimum atomic E-state index is 0.786. The lowest BCUT2D eigenvalue weighted by atomic mass is 9.85.